The zero-order valence-electron chi connectivity index (χ0n) is 13.1. The van der Waals surface area contributed by atoms with Gasteiger partial charge in [-0.2, -0.15) is 0 Å². The molecule has 2 saturated heterocycles. The van der Waals surface area contributed by atoms with Crippen molar-refractivity contribution in [1.82, 2.24) is 5.32 Å². The highest BCUT2D eigenvalue weighted by Crippen LogP contribution is 2.32. The van der Waals surface area contributed by atoms with E-state index in [-0.39, 0.29) is 23.1 Å². The molecular weight excluding hydrogens is 298 g/mol. The Labute approximate surface area is 134 Å². The first-order valence-corrected chi connectivity index (χ1v) is 7.85. The highest BCUT2D eigenvalue weighted by atomic mass is 16.6. The molecule has 1 spiro atoms. The molecule has 0 aliphatic carbocycles. The minimum Gasteiger partial charge on any atom is -0.478 e. The van der Waals surface area contributed by atoms with Gasteiger partial charge in [0.15, 0.2) is 0 Å². The average molecular weight is 319 g/mol. The van der Waals surface area contributed by atoms with Crippen molar-refractivity contribution in [2.75, 3.05) is 19.8 Å². The third-order valence-corrected chi connectivity index (χ3v) is 4.48. The van der Waals surface area contributed by atoms with Crippen LogP contribution in [0.25, 0.3) is 0 Å². The topological polar surface area (TPSA) is 84.9 Å². The molecule has 1 aromatic rings. The summed E-state index contributed by atoms with van der Waals surface area (Å²) in [4.78, 5) is 23.6. The Hall–Kier alpha value is -1.92. The van der Waals surface area contributed by atoms with Crippen molar-refractivity contribution in [2.24, 2.45) is 0 Å². The van der Waals surface area contributed by atoms with Gasteiger partial charge in [0, 0.05) is 31.2 Å². The summed E-state index contributed by atoms with van der Waals surface area (Å²) in [5.41, 5.74) is 0.991. The average Bonchev–Trinajstić information content (AvgIpc) is 2.94. The van der Waals surface area contributed by atoms with Gasteiger partial charge in [0.05, 0.1) is 17.8 Å². The zero-order valence-corrected chi connectivity index (χ0v) is 13.1. The SMILES string of the molecule is Cc1cc(C(=O)O)cc(C(=O)N[C@@H]2CCO[C@@]3(CCOC3)C2)c1. The second-order valence-electron chi connectivity index (χ2n) is 6.39. The predicted octanol–water partition coefficient (Wildman–Crippen LogP) is 1.76. The lowest BCUT2D eigenvalue weighted by molar-refractivity contribution is -0.0881. The molecule has 6 heteroatoms. The van der Waals surface area contributed by atoms with E-state index in [9.17, 15) is 9.59 Å². The molecule has 1 amide bonds. The van der Waals surface area contributed by atoms with Crippen molar-refractivity contribution in [2.45, 2.75) is 37.8 Å². The number of carboxylic acids is 1. The van der Waals surface area contributed by atoms with Crippen molar-refractivity contribution in [3.05, 3.63) is 34.9 Å². The minimum absolute atomic E-state index is 0.0201. The molecule has 2 N–H and O–H groups in total. The van der Waals surface area contributed by atoms with E-state index < -0.39 is 5.97 Å². The first-order valence-electron chi connectivity index (χ1n) is 7.85. The van der Waals surface area contributed by atoms with Crippen LogP contribution in [0.3, 0.4) is 0 Å². The fraction of sp³-hybridized carbons (Fsp3) is 0.529. The van der Waals surface area contributed by atoms with Crippen LogP contribution in [0.4, 0.5) is 0 Å². The summed E-state index contributed by atoms with van der Waals surface area (Å²) in [5, 5.41) is 12.1. The standard InChI is InChI=1S/C17H21NO5/c1-11-6-12(8-13(7-11)16(20)21)15(19)18-14-2-4-23-17(9-14)3-5-22-10-17/h6-8,14H,2-5,9-10H2,1H3,(H,18,19)(H,20,21)/t14-,17+/m1/s1. The van der Waals surface area contributed by atoms with Crippen LogP contribution in [0.15, 0.2) is 18.2 Å². The van der Waals surface area contributed by atoms with Crippen LogP contribution < -0.4 is 5.32 Å². The van der Waals surface area contributed by atoms with Crippen LogP contribution in [0.1, 0.15) is 45.5 Å². The van der Waals surface area contributed by atoms with Crippen molar-refractivity contribution in [1.29, 1.82) is 0 Å². The number of nitrogens with one attached hydrogen (secondary N) is 1. The van der Waals surface area contributed by atoms with Gasteiger partial charge in [-0.15, -0.1) is 0 Å². The molecule has 2 aliphatic rings. The van der Waals surface area contributed by atoms with Gasteiger partial charge in [-0.3, -0.25) is 4.79 Å². The normalized spacial score (nSPS) is 27.1. The monoisotopic (exact) mass is 319 g/mol. The molecule has 0 saturated carbocycles. The number of carbonyl (C=O) groups excluding carboxylic acids is 1. The van der Waals surface area contributed by atoms with Gasteiger partial charge in [-0.1, -0.05) is 0 Å². The van der Waals surface area contributed by atoms with E-state index in [0.29, 0.717) is 25.4 Å². The van der Waals surface area contributed by atoms with E-state index in [1.165, 1.54) is 6.07 Å². The quantitative estimate of drug-likeness (QED) is 0.887. The van der Waals surface area contributed by atoms with Gasteiger partial charge in [-0.05, 0) is 43.5 Å². The molecule has 6 nitrogen and oxygen atoms in total. The molecular formula is C17H21NO5. The number of aromatic carboxylic acids is 1. The lowest BCUT2D eigenvalue weighted by atomic mass is 9.89. The number of hydrogen-bond donors (Lipinski definition) is 2. The lowest BCUT2D eigenvalue weighted by Crippen LogP contribution is -2.49. The van der Waals surface area contributed by atoms with Gasteiger partial charge >= 0.3 is 5.97 Å². The Kier molecular flexibility index (Phi) is 4.37. The Balaban J connectivity index is 1.70. The molecule has 23 heavy (non-hydrogen) atoms. The summed E-state index contributed by atoms with van der Waals surface area (Å²) in [6.45, 7) is 3.65. The maximum atomic E-state index is 12.5. The summed E-state index contributed by atoms with van der Waals surface area (Å²) in [6.07, 6.45) is 2.34. The Morgan fingerprint density at radius 3 is 2.74 bits per heavy atom. The molecule has 2 heterocycles. The Bertz CT molecular complexity index is 621. The number of hydrogen-bond acceptors (Lipinski definition) is 4. The Morgan fingerprint density at radius 2 is 2.04 bits per heavy atom. The summed E-state index contributed by atoms with van der Waals surface area (Å²) >= 11 is 0. The fourth-order valence-electron chi connectivity index (χ4n) is 3.32. The molecule has 2 atom stereocenters. The molecule has 2 fully saturated rings. The second-order valence-corrected chi connectivity index (χ2v) is 6.39. The Morgan fingerprint density at radius 1 is 1.26 bits per heavy atom. The van der Waals surface area contributed by atoms with Crippen molar-refractivity contribution in [3.63, 3.8) is 0 Å². The van der Waals surface area contributed by atoms with Gasteiger partial charge in [0.1, 0.15) is 0 Å². The second kappa shape index (κ2) is 6.29. The first-order chi connectivity index (χ1) is 11.0. The number of aryl methyl sites for hydroxylation is 1. The predicted molar refractivity (Wildman–Crippen MR) is 82.7 cm³/mol. The summed E-state index contributed by atoms with van der Waals surface area (Å²) in [5.74, 6) is -1.27. The maximum Gasteiger partial charge on any atom is 0.335 e. The van der Waals surface area contributed by atoms with Crippen LogP contribution in [0, 0.1) is 6.92 Å². The van der Waals surface area contributed by atoms with E-state index in [4.69, 9.17) is 14.6 Å². The third-order valence-electron chi connectivity index (χ3n) is 4.48. The number of rotatable bonds is 3. The molecule has 0 radical (unpaired) electrons. The van der Waals surface area contributed by atoms with Crippen LogP contribution in [-0.4, -0.2) is 48.4 Å². The minimum atomic E-state index is -1.03. The van der Waals surface area contributed by atoms with Crippen LogP contribution >= 0.6 is 0 Å². The van der Waals surface area contributed by atoms with Gasteiger partial charge < -0.3 is 19.9 Å². The molecule has 0 unspecified atom stereocenters. The van der Waals surface area contributed by atoms with Crippen LogP contribution in [0.5, 0.6) is 0 Å². The van der Waals surface area contributed by atoms with Gasteiger partial charge in [0.2, 0.25) is 0 Å². The van der Waals surface area contributed by atoms with Gasteiger partial charge in [0.25, 0.3) is 5.91 Å². The summed E-state index contributed by atoms with van der Waals surface area (Å²) in [6, 6.07) is 4.69. The molecule has 2 aliphatic heterocycles. The van der Waals surface area contributed by atoms with Gasteiger partial charge in [-0.25, -0.2) is 4.79 Å². The van der Waals surface area contributed by atoms with Crippen LogP contribution in [-0.2, 0) is 9.47 Å². The van der Waals surface area contributed by atoms with Crippen molar-refractivity contribution >= 4 is 11.9 Å². The highest BCUT2D eigenvalue weighted by Gasteiger charge is 2.41. The fourth-order valence-corrected chi connectivity index (χ4v) is 3.32. The number of benzene rings is 1. The molecule has 124 valence electrons. The largest absolute Gasteiger partial charge is 0.478 e. The van der Waals surface area contributed by atoms with E-state index >= 15 is 0 Å². The molecule has 0 bridgehead atoms. The van der Waals surface area contributed by atoms with E-state index in [0.717, 1.165) is 24.8 Å². The summed E-state index contributed by atoms with van der Waals surface area (Å²) < 4.78 is 11.3. The number of amides is 1. The van der Waals surface area contributed by atoms with Crippen LogP contribution in [0.2, 0.25) is 0 Å². The molecule has 1 aromatic carbocycles. The van der Waals surface area contributed by atoms with E-state index in [1.54, 1.807) is 19.1 Å². The number of carbonyl (C=O) groups is 2. The highest BCUT2D eigenvalue weighted by molar-refractivity contribution is 5.98. The zero-order chi connectivity index (χ0) is 16.4. The molecule has 0 aromatic heterocycles. The lowest BCUT2D eigenvalue weighted by Gasteiger charge is -2.37. The first kappa shape index (κ1) is 16.0. The summed E-state index contributed by atoms with van der Waals surface area (Å²) in [7, 11) is 0. The number of ether oxygens (including phenoxy) is 2. The van der Waals surface area contributed by atoms with Crippen molar-refractivity contribution in [3.8, 4) is 0 Å². The third kappa shape index (κ3) is 3.54. The van der Waals surface area contributed by atoms with E-state index in [1.807, 2.05) is 0 Å². The van der Waals surface area contributed by atoms with Crippen molar-refractivity contribution < 1.29 is 24.2 Å². The molecule has 3 rings (SSSR count). The smallest absolute Gasteiger partial charge is 0.335 e. The number of carboxylic acid groups (broad SMARTS) is 1. The maximum absolute atomic E-state index is 12.5. The van der Waals surface area contributed by atoms with E-state index in [2.05, 4.69) is 5.32 Å².